The summed E-state index contributed by atoms with van der Waals surface area (Å²) < 4.78 is 12.3. The van der Waals surface area contributed by atoms with E-state index in [1.54, 1.807) is 0 Å². The highest BCUT2D eigenvalue weighted by Gasteiger charge is 2.44. The Morgan fingerprint density at radius 2 is 1.92 bits per heavy atom. The molecule has 1 N–H and O–H groups in total. The predicted octanol–water partition coefficient (Wildman–Crippen LogP) is 4.11. The van der Waals surface area contributed by atoms with Gasteiger partial charge in [-0.05, 0) is 57.6 Å². The van der Waals surface area contributed by atoms with Crippen molar-refractivity contribution in [2.24, 2.45) is 0 Å². The Morgan fingerprint density at radius 1 is 1.19 bits per heavy atom. The zero-order chi connectivity index (χ0) is 17.9. The van der Waals surface area contributed by atoms with Gasteiger partial charge >= 0.3 is 0 Å². The van der Waals surface area contributed by atoms with Crippen LogP contribution in [-0.4, -0.2) is 34.6 Å². The summed E-state index contributed by atoms with van der Waals surface area (Å²) in [6.45, 7) is 3.51. The van der Waals surface area contributed by atoms with Gasteiger partial charge in [-0.2, -0.15) is 0 Å². The van der Waals surface area contributed by atoms with Crippen LogP contribution in [0.15, 0.2) is 16.5 Å². The van der Waals surface area contributed by atoms with E-state index in [-0.39, 0.29) is 11.5 Å². The van der Waals surface area contributed by atoms with Crippen LogP contribution >= 0.6 is 0 Å². The number of fused-ring (bicyclic) bond motifs is 3. The van der Waals surface area contributed by atoms with E-state index in [1.165, 1.54) is 0 Å². The minimum atomic E-state index is -0.577. The summed E-state index contributed by atoms with van der Waals surface area (Å²) in [4.78, 5) is 14.7. The van der Waals surface area contributed by atoms with Crippen LogP contribution in [0.25, 0.3) is 11.0 Å². The molecule has 0 bridgehead atoms. The standard InChI is InChI=1S/C21H25NO4/c1-13-17-15(25-19(13)20(24)22-10-4-5-11-22)6-7-16-18(17)14(23)12-21(26-16)8-2-3-9-21/h6-7,14,23H,2-5,8-12H2,1H3. The molecule has 1 aromatic carbocycles. The number of furan rings is 1. The zero-order valence-electron chi connectivity index (χ0n) is 15.2. The number of hydrogen-bond acceptors (Lipinski definition) is 4. The van der Waals surface area contributed by atoms with Crippen molar-refractivity contribution in [1.29, 1.82) is 0 Å². The number of likely N-dealkylation sites (tertiary alicyclic amines) is 1. The molecule has 0 radical (unpaired) electrons. The molecule has 3 heterocycles. The van der Waals surface area contributed by atoms with E-state index >= 15 is 0 Å². The largest absolute Gasteiger partial charge is 0.487 e. The summed E-state index contributed by atoms with van der Waals surface area (Å²) in [6.07, 6.45) is 6.47. The molecule has 1 aliphatic carbocycles. The molecule has 1 atom stereocenters. The molecule has 1 amide bonds. The summed E-state index contributed by atoms with van der Waals surface area (Å²) in [5.41, 5.74) is 2.06. The van der Waals surface area contributed by atoms with Gasteiger partial charge < -0.3 is 19.2 Å². The SMILES string of the molecule is Cc1c(C(=O)N2CCCC2)oc2ccc3c(c12)C(O)CC1(CCCC1)O3. The third-order valence-electron chi connectivity index (χ3n) is 6.42. The fourth-order valence-electron chi connectivity index (χ4n) is 5.09. The highest BCUT2D eigenvalue weighted by atomic mass is 16.5. The average molecular weight is 355 g/mol. The first-order valence-corrected chi connectivity index (χ1v) is 9.80. The Morgan fingerprint density at radius 3 is 2.65 bits per heavy atom. The lowest BCUT2D eigenvalue weighted by molar-refractivity contribution is -0.00845. The fourth-order valence-corrected chi connectivity index (χ4v) is 5.09. The third-order valence-corrected chi connectivity index (χ3v) is 6.42. The maximum atomic E-state index is 12.8. The van der Waals surface area contributed by atoms with Gasteiger partial charge in [0.1, 0.15) is 16.9 Å². The molecule has 2 fully saturated rings. The van der Waals surface area contributed by atoms with Crippen LogP contribution in [0.2, 0.25) is 0 Å². The highest BCUT2D eigenvalue weighted by molar-refractivity contribution is 6.00. The van der Waals surface area contributed by atoms with E-state index in [0.29, 0.717) is 17.8 Å². The van der Waals surface area contributed by atoms with Gasteiger partial charge in [-0.25, -0.2) is 0 Å². The number of aliphatic hydroxyl groups is 1. The molecule has 5 heteroatoms. The first-order valence-electron chi connectivity index (χ1n) is 9.80. The van der Waals surface area contributed by atoms with Gasteiger partial charge in [0.25, 0.3) is 5.91 Å². The predicted molar refractivity (Wildman–Crippen MR) is 97.5 cm³/mol. The molecule has 1 saturated carbocycles. The second-order valence-corrected chi connectivity index (χ2v) is 8.12. The molecular formula is C21H25NO4. The van der Waals surface area contributed by atoms with Crippen molar-refractivity contribution in [2.45, 2.75) is 63.6 Å². The summed E-state index contributed by atoms with van der Waals surface area (Å²) in [7, 11) is 0. The Balaban J connectivity index is 1.60. The molecule has 138 valence electrons. The summed E-state index contributed by atoms with van der Waals surface area (Å²) in [5, 5.41) is 11.8. The van der Waals surface area contributed by atoms with E-state index in [9.17, 15) is 9.90 Å². The molecule has 1 spiro atoms. The van der Waals surface area contributed by atoms with E-state index in [4.69, 9.17) is 9.15 Å². The number of hydrogen-bond donors (Lipinski definition) is 1. The molecular weight excluding hydrogens is 330 g/mol. The van der Waals surface area contributed by atoms with Crippen molar-refractivity contribution in [2.75, 3.05) is 13.1 Å². The second kappa shape index (κ2) is 5.74. The quantitative estimate of drug-likeness (QED) is 0.836. The van der Waals surface area contributed by atoms with Gasteiger partial charge in [0, 0.05) is 36.0 Å². The molecule has 2 aliphatic heterocycles. The van der Waals surface area contributed by atoms with Crippen LogP contribution < -0.4 is 4.74 Å². The van der Waals surface area contributed by atoms with Crippen molar-refractivity contribution in [1.82, 2.24) is 4.90 Å². The van der Waals surface area contributed by atoms with Gasteiger partial charge in [0.2, 0.25) is 0 Å². The Labute approximate surface area is 152 Å². The normalized spacial score (nSPS) is 24.2. The number of ether oxygens (including phenoxy) is 1. The van der Waals surface area contributed by atoms with Crippen LogP contribution in [0.1, 0.15) is 72.7 Å². The van der Waals surface area contributed by atoms with Gasteiger partial charge in [-0.1, -0.05) is 0 Å². The lowest BCUT2D eigenvalue weighted by Crippen LogP contribution is -2.38. The van der Waals surface area contributed by atoms with Crippen LogP contribution in [0.3, 0.4) is 0 Å². The maximum absolute atomic E-state index is 12.8. The second-order valence-electron chi connectivity index (χ2n) is 8.12. The van der Waals surface area contributed by atoms with Crippen molar-refractivity contribution < 1.29 is 19.1 Å². The molecule has 1 aromatic heterocycles. The van der Waals surface area contributed by atoms with Crippen LogP contribution in [-0.2, 0) is 0 Å². The monoisotopic (exact) mass is 355 g/mol. The number of carbonyl (C=O) groups excluding carboxylic acids is 1. The highest BCUT2D eigenvalue weighted by Crippen LogP contribution is 2.50. The first-order chi connectivity index (χ1) is 12.6. The third kappa shape index (κ3) is 2.29. The van der Waals surface area contributed by atoms with Gasteiger partial charge in [-0.15, -0.1) is 0 Å². The van der Waals surface area contributed by atoms with E-state index < -0.39 is 6.10 Å². The van der Waals surface area contributed by atoms with Crippen LogP contribution in [0.4, 0.5) is 0 Å². The molecule has 5 rings (SSSR count). The number of rotatable bonds is 1. The van der Waals surface area contributed by atoms with E-state index in [0.717, 1.165) is 73.9 Å². The average Bonchev–Trinajstić information content (AvgIpc) is 3.35. The Kier molecular flexibility index (Phi) is 3.58. The van der Waals surface area contributed by atoms with Crippen molar-refractivity contribution >= 4 is 16.9 Å². The van der Waals surface area contributed by atoms with Gasteiger partial charge in [-0.3, -0.25) is 4.79 Å². The topological polar surface area (TPSA) is 62.9 Å². The zero-order valence-corrected chi connectivity index (χ0v) is 15.2. The minimum absolute atomic E-state index is 0.0385. The van der Waals surface area contributed by atoms with Crippen molar-refractivity contribution in [3.05, 3.63) is 29.0 Å². The molecule has 1 unspecified atom stereocenters. The molecule has 1 saturated heterocycles. The number of aliphatic hydroxyl groups excluding tert-OH is 1. The number of amides is 1. The summed E-state index contributed by atoms with van der Waals surface area (Å²) >= 11 is 0. The molecule has 3 aliphatic rings. The summed E-state index contributed by atoms with van der Waals surface area (Å²) in [6, 6.07) is 3.77. The van der Waals surface area contributed by atoms with Crippen molar-refractivity contribution in [3.63, 3.8) is 0 Å². The Bertz CT molecular complexity index is 872. The molecule has 26 heavy (non-hydrogen) atoms. The fraction of sp³-hybridized carbons (Fsp3) is 0.571. The van der Waals surface area contributed by atoms with Crippen molar-refractivity contribution in [3.8, 4) is 5.75 Å². The van der Waals surface area contributed by atoms with Gasteiger partial charge in [0.05, 0.1) is 6.10 Å². The number of nitrogens with zero attached hydrogens (tertiary/aromatic N) is 1. The number of aryl methyl sites for hydroxylation is 1. The van der Waals surface area contributed by atoms with Crippen LogP contribution in [0.5, 0.6) is 5.75 Å². The smallest absolute Gasteiger partial charge is 0.289 e. The number of carbonyl (C=O) groups is 1. The van der Waals surface area contributed by atoms with E-state index in [2.05, 4.69) is 0 Å². The maximum Gasteiger partial charge on any atom is 0.289 e. The Hall–Kier alpha value is -2.01. The minimum Gasteiger partial charge on any atom is -0.487 e. The first kappa shape index (κ1) is 16.2. The molecule has 5 nitrogen and oxygen atoms in total. The van der Waals surface area contributed by atoms with Gasteiger partial charge in [0.15, 0.2) is 5.76 Å². The van der Waals surface area contributed by atoms with E-state index in [1.807, 2.05) is 24.0 Å². The molecule has 2 aromatic rings. The number of benzene rings is 1. The summed E-state index contributed by atoms with van der Waals surface area (Å²) in [5.74, 6) is 1.12. The van der Waals surface area contributed by atoms with Crippen LogP contribution in [0, 0.1) is 6.92 Å². The lowest BCUT2D eigenvalue weighted by Gasteiger charge is -2.38. The lowest BCUT2D eigenvalue weighted by atomic mass is 9.85.